The van der Waals surface area contributed by atoms with E-state index in [1.54, 1.807) is 18.9 Å². The average Bonchev–Trinajstić information content (AvgIpc) is 2.93. The standard InChI is InChI=1S/C17H25N3O2S/c1-13-18-15(19-22-13)17(5,20-23-16(2,3)4)12-21-11-14-9-7-6-8-10-14/h6-10,20H,11-12H2,1-5H3. The monoisotopic (exact) mass is 335 g/mol. The topological polar surface area (TPSA) is 60.2 Å². The van der Waals surface area contributed by atoms with Crippen molar-refractivity contribution in [2.24, 2.45) is 0 Å². The molecule has 1 heterocycles. The molecule has 0 saturated heterocycles. The summed E-state index contributed by atoms with van der Waals surface area (Å²) in [5.41, 5.74) is 0.618. The van der Waals surface area contributed by atoms with E-state index in [0.29, 0.717) is 24.9 Å². The summed E-state index contributed by atoms with van der Waals surface area (Å²) in [6.07, 6.45) is 0. The average molecular weight is 335 g/mol. The molecular formula is C17H25N3O2S. The van der Waals surface area contributed by atoms with Crippen LogP contribution < -0.4 is 4.72 Å². The van der Waals surface area contributed by atoms with Gasteiger partial charge in [0.1, 0.15) is 5.54 Å². The highest BCUT2D eigenvalue weighted by Gasteiger charge is 2.33. The molecule has 0 saturated carbocycles. The largest absolute Gasteiger partial charge is 0.374 e. The number of hydrogen-bond donors (Lipinski definition) is 1. The number of nitrogens with zero attached hydrogens (tertiary/aromatic N) is 2. The predicted molar refractivity (Wildman–Crippen MR) is 93.0 cm³/mol. The van der Waals surface area contributed by atoms with Gasteiger partial charge in [-0.2, -0.15) is 4.98 Å². The van der Waals surface area contributed by atoms with Gasteiger partial charge in [0.2, 0.25) is 5.89 Å². The van der Waals surface area contributed by atoms with Gasteiger partial charge in [-0.15, -0.1) is 0 Å². The van der Waals surface area contributed by atoms with Crippen molar-refractivity contribution >= 4 is 11.9 Å². The Morgan fingerprint density at radius 1 is 1.17 bits per heavy atom. The predicted octanol–water partition coefficient (Wildman–Crippen LogP) is 3.85. The summed E-state index contributed by atoms with van der Waals surface area (Å²) in [5, 5.41) is 4.07. The molecule has 2 aromatic rings. The minimum Gasteiger partial charge on any atom is -0.374 e. The second-order valence-corrected chi connectivity index (χ2v) is 8.40. The molecule has 0 fully saturated rings. The third kappa shape index (κ3) is 5.64. The molecule has 1 atom stereocenters. The number of nitrogens with one attached hydrogen (secondary N) is 1. The highest BCUT2D eigenvalue weighted by atomic mass is 32.2. The van der Waals surface area contributed by atoms with Gasteiger partial charge < -0.3 is 9.26 Å². The first-order chi connectivity index (χ1) is 10.8. The molecule has 0 bridgehead atoms. The summed E-state index contributed by atoms with van der Waals surface area (Å²) >= 11 is 1.64. The first-order valence-electron chi connectivity index (χ1n) is 7.66. The lowest BCUT2D eigenvalue weighted by molar-refractivity contribution is 0.0690. The molecule has 0 radical (unpaired) electrons. The van der Waals surface area contributed by atoms with Crippen molar-refractivity contribution in [2.45, 2.75) is 51.5 Å². The van der Waals surface area contributed by atoms with Gasteiger partial charge in [0, 0.05) is 11.7 Å². The highest BCUT2D eigenvalue weighted by Crippen LogP contribution is 2.28. The van der Waals surface area contributed by atoms with Gasteiger partial charge >= 0.3 is 0 Å². The van der Waals surface area contributed by atoms with Crippen LogP contribution in [0.1, 0.15) is 45.0 Å². The van der Waals surface area contributed by atoms with Crippen molar-refractivity contribution in [1.29, 1.82) is 0 Å². The van der Waals surface area contributed by atoms with Crippen LogP contribution >= 0.6 is 11.9 Å². The molecule has 1 N–H and O–H groups in total. The van der Waals surface area contributed by atoms with Gasteiger partial charge in [-0.3, -0.25) is 0 Å². The zero-order chi connectivity index (χ0) is 16.9. The summed E-state index contributed by atoms with van der Waals surface area (Å²) in [6, 6.07) is 10.1. The van der Waals surface area contributed by atoms with Crippen LogP contribution in [0.5, 0.6) is 0 Å². The van der Waals surface area contributed by atoms with Gasteiger partial charge in [-0.1, -0.05) is 47.4 Å². The Bertz CT molecular complexity index is 610. The zero-order valence-electron chi connectivity index (χ0n) is 14.4. The maximum Gasteiger partial charge on any atom is 0.223 e. The summed E-state index contributed by atoms with van der Waals surface area (Å²) in [6.45, 7) is 11.3. The van der Waals surface area contributed by atoms with E-state index in [-0.39, 0.29) is 4.75 Å². The molecule has 1 unspecified atom stereocenters. The van der Waals surface area contributed by atoms with E-state index in [9.17, 15) is 0 Å². The van der Waals surface area contributed by atoms with Gasteiger partial charge in [0.15, 0.2) is 5.82 Å². The summed E-state index contributed by atoms with van der Waals surface area (Å²) in [4.78, 5) is 4.38. The second-order valence-electron chi connectivity index (χ2n) is 6.76. The molecule has 5 nitrogen and oxygen atoms in total. The van der Waals surface area contributed by atoms with E-state index < -0.39 is 5.54 Å². The Morgan fingerprint density at radius 3 is 2.43 bits per heavy atom. The van der Waals surface area contributed by atoms with Crippen LogP contribution in [0.25, 0.3) is 0 Å². The molecule has 2 rings (SSSR count). The van der Waals surface area contributed by atoms with Crippen molar-refractivity contribution in [3.05, 3.63) is 47.6 Å². The lowest BCUT2D eigenvalue weighted by atomic mass is 10.1. The van der Waals surface area contributed by atoms with Crippen LogP contribution in [-0.2, 0) is 16.9 Å². The maximum absolute atomic E-state index is 5.92. The molecule has 0 aliphatic rings. The van der Waals surface area contributed by atoms with E-state index in [1.807, 2.05) is 37.3 Å². The normalized spacial score (nSPS) is 14.7. The molecule has 126 valence electrons. The lowest BCUT2D eigenvalue weighted by Crippen LogP contribution is -2.42. The van der Waals surface area contributed by atoms with Crippen LogP contribution in [0.15, 0.2) is 34.9 Å². The highest BCUT2D eigenvalue weighted by molar-refractivity contribution is 7.98. The van der Waals surface area contributed by atoms with E-state index in [1.165, 1.54) is 0 Å². The smallest absolute Gasteiger partial charge is 0.223 e. The molecule has 0 aliphatic heterocycles. The third-order valence-electron chi connectivity index (χ3n) is 3.11. The van der Waals surface area contributed by atoms with Crippen LogP contribution in [0.2, 0.25) is 0 Å². The first-order valence-corrected chi connectivity index (χ1v) is 8.48. The summed E-state index contributed by atoms with van der Waals surface area (Å²) < 4.78 is 14.6. The molecule has 1 aromatic carbocycles. The number of hydrogen-bond acceptors (Lipinski definition) is 6. The number of rotatable bonds is 7. The van der Waals surface area contributed by atoms with E-state index >= 15 is 0 Å². The Hall–Kier alpha value is -1.37. The molecule has 6 heteroatoms. The molecule has 23 heavy (non-hydrogen) atoms. The number of benzene rings is 1. The zero-order valence-corrected chi connectivity index (χ0v) is 15.2. The van der Waals surface area contributed by atoms with Gasteiger partial charge in [-0.25, -0.2) is 4.72 Å². The number of ether oxygens (including phenoxy) is 1. The molecule has 0 amide bonds. The second kappa shape index (κ2) is 7.47. The van der Waals surface area contributed by atoms with Crippen LogP contribution in [0.3, 0.4) is 0 Å². The molecule has 1 aromatic heterocycles. The molecular weight excluding hydrogens is 310 g/mol. The number of aryl methyl sites for hydroxylation is 1. The van der Waals surface area contributed by atoms with Crippen molar-refractivity contribution in [1.82, 2.24) is 14.9 Å². The van der Waals surface area contributed by atoms with Crippen LogP contribution in [-0.4, -0.2) is 21.5 Å². The van der Waals surface area contributed by atoms with E-state index in [0.717, 1.165) is 5.56 Å². The van der Waals surface area contributed by atoms with E-state index in [2.05, 4.69) is 35.6 Å². The van der Waals surface area contributed by atoms with Gasteiger partial charge in [0.05, 0.1) is 13.2 Å². The van der Waals surface area contributed by atoms with Gasteiger partial charge in [-0.05, 0) is 33.3 Å². The minimum absolute atomic E-state index is 0.0689. The summed E-state index contributed by atoms with van der Waals surface area (Å²) in [5.74, 6) is 1.16. The van der Waals surface area contributed by atoms with Crippen LogP contribution in [0.4, 0.5) is 0 Å². The van der Waals surface area contributed by atoms with Gasteiger partial charge in [0.25, 0.3) is 0 Å². The fraction of sp³-hybridized carbons (Fsp3) is 0.529. The Labute approximate surface area is 142 Å². The molecule has 0 spiro atoms. The van der Waals surface area contributed by atoms with Crippen molar-refractivity contribution in [3.63, 3.8) is 0 Å². The fourth-order valence-corrected chi connectivity index (χ4v) is 2.56. The lowest BCUT2D eigenvalue weighted by Gasteiger charge is -2.30. The Balaban J connectivity index is 2.04. The van der Waals surface area contributed by atoms with Crippen molar-refractivity contribution < 1.29 is 9.26 Å². The third-order valence-corrected chi connectivity index (χ3v) is 4.27. The van der Waals surface area contributed by atoms with Crippen molar-refractivity contribution in [2.75, 3.05) is 6.61 Å². The Kier molecular flexibility index (Phi) is 5.84. The van der Waals surface area contributed by atoms with Crippen molar-refractivity contribution in [3.8, 4) is 0 Å². The minimum atomic E-state index is -0.523. The first kappa shape index (κ1) is 18.0. The number of aromatic nitrogens is 2. The molecule has 0 aliphatic carbocycles. The SMILES string of the molecule is Cc1nc(C(C)(COCc2ccccc2)NSC(C)(C)C)no1. The summed E-state index contributed by atoms with van der Waals surface area (Å²) in [7, 11) is 0. The van der Waals surface area contributed by atoms with Crippen LogP contribution in [0, 0.1) is 6.92 Å². The van der Waals surface area contributed by atoms with E-state index in [4.69, 9.17) is 9.26 Å². The quantitative estimate of drug-likeness (QED) is 0.776. The fourth-order valence-electron chi connectivity index (χ4n) is 1.88. The Morgan fingerprint density at radius 2 is 1.87 bits per heavy atom. The maximum atomic E-state index is 5.92.